The zero-order chi connectivity index (χ0) is 11.7. The second kappa shape index (κ2) is 4.45. The Morgan fingerprint density at radius 2 is 2.18 bits per heavy atom. The fourth-order valence-electron chi connectivity index (χ4n) is 2.53. The maximum absolute atomic E-state index is 4.25. The molecule has 1 N–H and O–H groups in total. The number of aromatic nitrogens is 3. The third kappa shape index (κ3) is 2.17. The van der Waals surface area contributed by atoms with E-state index < -0.39 is 0 Å². The monoisotopic (exact) mass is 230 g/mol. The molecule has 0 spiro atoms. The van der Waals surface area contributed by atoms with Crippen LogP contribution in [0, 0.1) is 6.92 Å². The van der Waals surface area contributed by atoms with Gasteiger partial charge in [-0.15, -0.1) is 10.2 Å². The summed E-state index contributed by atoms with van der Waals surface area (Å²) in [5.74, 6) is 1.01. The number of nitrogens with zero attached hydrogens (tertiary/aromatic N) is 3. The predicted octanol–water partition coefficient (Wildman–Crippen LogP) is 2.07. The molecule has 0 amide bonds. The molecular weight excluding hydrogens is 212 g/mol. The first-order valence-electron chi connectivity index (χ1n) is 6.36. The van der Waals surface area contributed by atoms with E-state index in [1.165, 1.54) is 31.2 Å². The number of hydrogen-bond donors (Lipinski definition) is 1. The van der Waals surface area contributed by atoms with Crippen LogP contribution in [0.4, 0.5) is 0 Å². The Kier molecular flexibility index (Phi) is 2.81. The lowest BCUT2D eigenvalue weighted by Crippen LogP contribution is -2.26. The van der Waals surface area contributed by atoms with Gasteiger partial charge in [0, 0.05) is 12.2 Å². The zero-order valence-electron chi connectivity index (χ0n) is 10.2. The lowest BCUT2D eigenvalue weighted by molar-refractivity contribution is 0.512. The lowest BCUT2D eigenvalue weighted by Gasteiger charge is -2.10. The van der Waals surface area contributed by atoms with Crippen LogP contribution in [0.25, 0.3) is 5.65 Å². The molecule has 1 fully saturated rings. The largest absolute Gasteiger partial charge is 0.307 e. The van der Waals surface area contributed by atoms with Gasteiger partial charge in [0.15, 0.2) is 11.5 Å². The van der Waals surface area contributed by atoms with Crippen LogP contribution in [0.2, 0.25) is 0 Å². The highest BCUT2D eigenvalue weighted by atomic mass is 15.3. The second-order valence-electron chi connectivity index (χ2n) is 4.91. The summed E-state index contributed by atoms with van der Waals surface area (Å²) in [6, 6.07) is 4.83. The number of hydrogen-bond acceptors (Lipinski definition) is 3. The first-order valence-corrected chi connectivity index (χ1v) is 6.36. The van der Waals surface area contributed by atoms with Gasteiger partial charge in [-0.2, -0.15) is 0 Å². The van der Waals surface area contributed by atoms with Gasteiger partial charge in [0.25, 0.3) is 0 Å². The van der Waals surface area contributed by atoms with E-state index in [9.17, 15) is 0 Å². The van der Waals surface area contributed by atoms with E-state index in [0.717, 1.165) is 18.0 Å². The molecule has 0 saturated heterocycles. The number of pyridine rings is 1. The summed E-state index contributed by atoms with van der Waals surface area (Å²) >= 11 is 0. The van der Waals surface area contributed by atoms with Gasteiger partial charge in [-0.25, -0.2) is 0 Å². The molecule has 3 rings (SSSR count). The number of aryl methyl sites for hydroxylation is 1. The van der Waals surface area contributed by atoms with Gasteiger partial charge in [0.05, 0.1) is 6.54 Å². The van der Waals surface area contributed by atoms with Gasteiger partial charge < -0.3 is 5.32 Å². The van der Waals surface area contributed by atoms with Crippen LogP contribution in [0.5, 0.6) is 0 Å². The normalized spacial score (nSPS) is 17.0. The minimum atomic E-state index is 0.674. The summed E-state index contributed by atoms with van der Waals surface area (Å²) in [6.45, 7) is 2.89. The van der Waals surface area contributed by atoms with Crippen molar-refractivity contribution in [2.75, 3.05) is 0 Å². The Hall–Kier alpha value is -1.42. The summed E-state index contributed by atoms with van der Waals surface area (Å²) in [5, 5.41) is 12.0. The number of nitrogens with one attached hydrogen (secondary N) is 1. The Labute approximate surface area is 101 Å². The van der Waals surface area contributed by atoms with Crippen LogP contribution in [0.15, 0.2) is 18.3 Å². The van der Waals surface area contributed by atoms with E-state index in [1.54, 1.807) is 0 Å². The molecule has 17 heavy (non-hydrogen) atoms. The Morgan fingerprint density at radius 3 is 3.00 bits per heavy atom. The fourth-order valence-corrected chi connectivity index (χ4v) is 2.53. The summed E-state index contributed by atoms with van der Waals surface area (Å²) in [7, 11) is 0. The molecule has 0 atom stereocenters. The highest BCUT2D eigenvalue weighted by molar-refractivity contribution is 5.40. The van der Waals surface area contributed by atoms with Crippen LogP contribution in [0.3, 0.4) is 0 Å². The molecule has 1 aliphatic rings. The topological polar surface area (TPSA) is 42.2 Å². The highest BCUT2D eigenvalue weighted by Gasteiger charge is 2.15. The SMILES string of the molecule is Cc1ccn2c(CNC3CCCC3)nnc2c1. The van der Waals surface area contributed by atoms with Crippen LogP contribution >= 0.6 is 0 Å². The average Bonchev–Trinajstić information content (AvgIpc) is 2.94. The van der Waals surface area contributed by atoms with Crippen molar-refractivity contribution in [3.63, 3.8) is 0 Å². The smallest absolute Gasteiger partial charge is 0.161 e. The van der Waals surface area contributed by atoms with Gasteiger partial charge in [0.2, 0.25) is 0 Å². The minimum Gasteiger partial charge on any atom is -0.307 e. The van der Waals surface area contributed by atoms with Crippen molar-refractivity contribution >= 4 is 5.65 Å². The van der Waals surface area contributed by atoms with E-state index >= 15 is 0 Å². The van der Waals surface area contributed by atoms with E-state index in [2.05, 4.69) is 45.2 Å². The van der Waals surface area contributed by atoms with E-state index in [1.807, 2.05) is 0 Å². The molecule has 2 aromatic rings. The molecule has 0 aromatic carbocycles. The summed E-state index contributed by atoms with van der Waals surface area (Å²) in [6.07, 6.45) is 7.37. The van der Waals surface area contributed by atoms with Gasteiger partial charge in [-0.3, -0.25) is 4.40 Å². The van der Waals surface area contributed by atoms with Crippen molar-refractivity contribution in [1.82, 2.24) is 19.9 Å². The van der Waals surface area contributed by atoms with E-state index in [-0.39, 0.29) is 0 Å². The Balaban J connectivity index is 1.76. The Bertz CT molecular complexity index is 511. The van der Waals surface area contributed by atoms with E-state index in [4.69, 9.17) is 0 Å². The molecule has 4 nitrogen and oxygen atoms in total. The van der Waals surface area contributed by atoms with Crippen molar-refractivity contribution in [2.24, 2.45) is 0 Å². The van der Waals surface area contributed by atoms with Crippen LogP contribution in [-0.2, 0) is 6.54 Å². The minimum absolute atomic E-state index is 0.674. The van der Waals surface area contributed by atoms with Crippen molar-refractivity contribution in [3.05, 3.63) is 29.7 Å². The molecule has 4 heteroatoms. The molecule has 1 aliphatic carbocycles. The Morgan fingerprint density at radius 1 is 1.35 bits per heavy atom. The standard InChI is InChI=1S/C13H18N4/c1-10-6-7-17-12(8-10)15-16-13(17)9-14-11-4-2-3-5-11/h6-8,11,14H,2-5,9H2,1H3. The van der Waals surface area contributed by atoms with Crippen molar-refractivity contribution in [1.29, 1.82) is 0 Å². The molecule has 0 aliphatic heterocycles. The molecule has 90 valence electrons. The van der Waals surface area contributed by atoms with Crippen molar-refractivity contribution in [3.8, 4) is 0 Å². The predicted molar refractivity (Wildman–Crippen MR) is 66.8 cm³/mol. The first kappa shape index (κ1) is 10.7. The maximum Gasteiger partial charge on any atom is 0.161 e. The number of rotatable bonds is 3. The molecule has 0 unspecified atom stereocenters. The van der Waals surface area contributed by atoms with E-state index in [0.29, 0.717) is 6.04 Å². The molecule has 0 radical (unpaired) electrons. The quantitative estimate of drug-likeness (QED) is 0.877. The molecule has 2 heterocycles. The van der Waals surface area contributed by atoms with Gasteiger partial charge in [0.1, 0.15) is 0 Å². The summed E-state index contributed by atoms with van der Waals surface area (Å²) in [4.78, 5) is 0. The van der Waals surface area contributed by atoms with Crippen LogP contribution in [0.1, 0.15) is 37.1 Å². The van der Waals surface area contributed by atoms with Gasteiger partial charge in [-0.1, -0.05) is 12.8 Å². The van der Waals surface area contributed by atoms with Gasteiger partial charge in [-0.05, 0) is 37.5 Å². The molecule has 0 bridgehead atoms. The lowest BCUT2D eigenvalue weighted by atomic mass is 10.2. The molecular formula is C13H18N4. The maximum atomic E-state index is 4.25. The molecule has 2 aromatic heterocycles. The summed E-state index contributed by atoms with van der Waals surface area (Å²) in [5.41, 5.74) is 2.16. The van der Waals surface area contributed by atoms with Crippen LogP contribution < -0.4 is 5.32 Å². The molecule has 1 saturated carbocycles. The van der Waals surface area contributed by atoms with Crippen molar-refractivity contribution < 1.29 is 0 Å². The summed E-state index contributed by atoms with van der Waals surface area (Å²) < 4.78 is 2.06. The van der Waals surface area contributed by atoms with Gasteiger partial charge >= 0.3 is 0 Å². The first-order chi connectivity index (χ1) is 8.33. The third-order valence-corrected chi connectivity index (χ3v) is 3.54. The third-order valence-electron chi connectivity index (χ3n) is 3.54. The zero-order valence-corrected chi connectivity index (χ0v) is 10.2. The second-order valence-corrected chi connectivity index (χ2v) is 4.91. The average molecular weight is 230 g/mol. The number of fused-ring (bicyclic) bond motifs is 1. The highest BCUT2D eigenvalue weighted by Crippen LogP contribution is 2.18. The fraction of sp³-hybridized carbons (Fsp3) is 0.538. The van der Waals surface area contributed by atoms with Crippen LogP contribution in [-0.4, -0.2) is 20.6 Å². The van der Waals surface area contributed by atoms with Crippen molar-refractivity contribution in [2.45, 2.75) is 45.2 Å².